The van der Waals surface area contributed by atoms with Crippen molar-refractivity contribution in [2.45, 2.75) is 24.3 Å². The maximum absolute atomic E-state index is 13.0. The lowest BCUT2D eigenvalue weighted by Gasteiger charge is -2.27. The van der Waals surface area contributed by atoms with Crippen molar-refractivity contribution in [2.24, 2.45) is 0 Å². The van der Waals surface area contributed by atoms with Gasteiger partial charge in [-0.15, -0.1) is 11.8 Å². The molecule has 13 heteroatoms. The first kappa shape index (κ1) is 24.6. The van der Waals surface area contributed by atoms with E-state index in [0.29, 0.717) is 24.3 Å². The van der Waals surface area contributed by atoms with Crippen LogP contribution in [0.15, 0.2) is 24.3 Å². The van der Waals surface area contributed by atoms with Gasteiger partial charge in [0.15, 0.2) is 0 Å². The van der Waals surface area contributed by atoms with Gasteiger partial charge >= 0.3 is 12.4 Å². The predicted molar refractivity (Wildman–Crippen MR) is 109 cm³/mol. The van der Waals surface area contributed by atoms with Gasteiger partial charge in [0.2, 0.25) is 5.91 Å². The molecular formula is C18H9Cl4F6NOS. The number of thioether (sulfide) groups is 1. The van der Waals surface area contributed by atoms with Crippen LogP contribution in [0.25, 0.3) is 0 Å². The van der Waals surface area contributed by atoms with Gasteiger partial charge in [0.25, 0.3) is 0 Å². The van der Waals surface area contributed by atoms with Crippen LogP contribution in [0.2, 0.25) is 20.1 Å². The zero-order valence-electron chi connectivity index (χ0n) is 14.8. The minimum absolute atomic E-state index is 0.0474. The van der Waals surface area contributed by atoms with Crippen LogP contribution in [0.3, 0.4) is 0 Å². The third-order valence-corrected chi connectivity index (χ3v) is 6.94. The fourth-order valence-corrected chi connectivity index (χ4v) is 5.62. The topological polar surface area (TPSA) is 20.3 Å². The lowest BCUT2D eigenvalue weighted by atomic mass is 10.1. The van der Waals surface area contributed by atoms with Gasteiger partial charge in [-0.25, -0.2) is 0 Å². The normalized spacial score (nSPS) is 17.5. The van der Waals surface area contributed by atoms with Crippen LogP contribution in [0.5, 0.6) is 0 Å². The van der Waals surface area contributed by atoms with E-state index in [9.17, 15) is 31.1 Å². The maximum atomic E-state index is 13.0. The molecule has 0 saturated carbocycles. The van der Waals surface area contributed by atoms with Crippen molar-refractivity contribution in [2.75, 3.05) is 5.75 Å². The van der Waals surface area contributed by atoms with Crippen LogP contribution in [0.4, 0.5) is 26.3 Å². The molecule has 0 radical (unpaired) electrons. The summed E-state index contributed by atoms with van der Waals surface area (Å²) in [6.45, 7) is -0.292. The Morgan fingerprint density at radius 2 is 1.26 bits per heavy atom. The van der Waals surface area contributed by atoms with Crippen molar-refractivity contribution in [1.82, 2.24) is 4.90 Å². The molecule has 2 nitrogen and oxygen atoms in total. The Hall–Kier alpha value is -1.00. The molecule has 1 fully saturated rings. The molecule has 0 aliphatic carbocycles. The molecule has 1 aliphatic heterocycles. The fourth-order valence-electron chi connectivity index (χ4n) is 2.94. The van der Waals surface area contributed by atoms with Gasteiger partial charge in [-0.3, -0.25) is 4.79 Å². The van der Waals surface area contributed by atoms with E-state index in [0.717, 1.165) is 11.8 Å². The lowest BCUT2D eigenvalue weighted by molar-refractivity contribution is -0.138. The Kier molecular flexibility index (Phi) is 6.95. The summed E-state index contributed by atoms with van der Waals surface area (Å²) in [5.41, 5.74) is -1.98. The van der Waals surface area contributed by atoms with E-state index in [1.165, 1.54) is 4.90 Å². The number of carbonyl (C=O) groups excluding carboxylic acids is 1. The van der Waals surface area contributed by atoms with E-state index in [2.05, 4.69) is 0 Å². The minimum Gasteiger partial charge on any atom is -0.321 e. The number of benzene rings is 2. The summed E-state index contributed by atoms with van der Waals surface area (Å²) in [6.07, 6.45) is -9.35. The van der Waals surface area contributed by atoms with Crippen LogP contribution >= 0.6 is 58.2 Å². The molecule has 1 amide bonds. The van der Waals surface area contributed by atoms with Gasteiger partial charge in [0.05, 0.1) is 23.4 Å². The molecule has 1 aliphatic rings. The van der Waals surface area contributed by atoms with E-state index >= 15 is 0 Å². The van der Waals surface area contributed by atoms with E-state index in [1.54, 1.807) is 0 Å². The molecule has 168 valence electrons. The molecule has 1 heterocycles. The zero-order valence-corrected chi connectivity index (χ0v) is 18.7. The highest BCUT2D eigenvalue weighted by molar-refractivity contribution is 8.00. The highest BCUT2D eigenvalue weighted by Crippen LogP contribution is 2.48. The first-order valence-electron chi connectivity index (χ1n) is 8.22. The van der Waals surface area contributed by atoms with Crippen molar-refractivity contribution in [3.63, 3.8) is 0 Å². The first-order chi connectivity index (χ1) is 14.2. The van der Waals surface area contributed by atoms with E-state index in [1.807, 2.05) is 0 Å². The molecule has 3 rings (SSSR count). The first-order valence-corrected chi connectivity index (χ1v) is 10.8. The molecule has 2 aromatic carbocycles. The number of alkyl halides is 6. The monoisotopic (exact) mass is 541 g/mol. The summed E-state index contributed by atoms with van der Waals surface area (Å²) in [6, 6.07) is 2.76. The van der Waals surface area contributed by atoms with Gasteiger partial charge in [0, 0.05) is 31.2 Å². The SMILES string of the molecule is O=C1CS[C@H](c2c(Cl)cc(C(F)(F)F)cc2Cl)N1Cc1c(Cl)cc(C(F)(F)F)cc1Cl. The largest absolute Gasteiger partial charge is 0.416 e. The van der Waals surface area contributed by atoms with Crippen molar-refractivity contribution in [3.05, 3.63) is 66.6 Å². The zero-order chi connectivity index (χ0) is 23.3. The Bertz CT molecular complexity index is 997. The standard InChI is InChI=1S/C18H9Cl4F6NOS/c19-10-1-7(17(23,24)25)2-11(20)9(10)5-29-14(30)6-31-16(29)15-12(21)3-8(4-13(15)22)18(26,27)28/h1-4,16H,5-6H2/t16-/m1/s1. The Morgan fingerprint density at radius 1 is 0.839 bits per heavy atom. The lowest BCUT2D eigenvalue weighted by Crippen LogP contribution is -2.28. The Morgan fingerprint density at radius 3 is 1.68 bits per heavy atom. The van der Waals surface area contributed by atoms with Gasteiger partial charge in [-0.2, -0.15) is 26.3 Å². The van der Waals surface area contributed by atoms with Crippen LogP contribution in [-0.2, 0) is 23.7 Å². The van der Waals surface area contributed by atoms with Crippen molar-refractivity contribution in [1.29, 1.82) is 0 Å². The third kappa shape index (κ3) is 5.16. The number of halogens is 10. The van der Waals surface area contributed by atoms with Gasteiger partial charge in [-0.05, 0) is 24.3 Å². The summed E-state index contributed by atoms with van der Waals surface area (Å²) in [7, 11) is 0. The predicted octanol–water partition coefficient (Wildman–Crippen LogP) is 8.11. The number of carbonyl (C=O) groups is 1. The molecular weight excluding hydrogens is 534 g/mol. The quantitative estimate of drug-likeness (QED) is 0.365. The minimum atomic E-state index is -4.68. The number of hydrogen-bond donors (Lipinski definition) is 0. The van der Waals surface area contributed by atoms with Crippen molar-refractivity contribution < 1.29 is 31.1 Å². The van der Waals surface area contributed by atoms with Gasteiger partial charge in [-0.1, -0.05) is 46.4 Å². The summed E-state index contributed by atoms with van der Waals surface area (Å²) < 4.78 is 77.8. The van der Waals surface area contributed by atoms with E-state index in [-0.39, 0.29) is 43.5 Å². The average molecular weight is 543 g/mol. The molecule has 0 unspecified atom stereocenters. The van der Waals surface area contributed by atoms with Crippen LogP contribution in [0.1, 0.15) is 27.6 Å². The molecule has 0 spiro atoms. The second-order valence-electron chi connectivity index (χ2n) is 6.45. The fraction of sp³-hybridized carbons (Fsp3) is 0.278. The molecule has 0 bridgehead atoms. The number of hydrogen-bond acceptors (Lipinski definition) is 2. The second-order valence-corrected chi connectivity index (χ2v) is 9.15. The number of amides is 1. The maximum Gasteiger partial charge on any atom is 0.416 e. The number of nitrogens with zero attached hydrogens (tertiary/aromatic N) is 1. The molecule has 1 saturated heterocycles. The van der Waals surface area contributed by atoms with Gasteiger partial charge < -0.3 is 4.90 Å². The van der Waals surface area contributed by atoms with Crippen LogP contribution in [0, 0.1) is 0 Å². The van der Waals surface area contributed by atoms with Crippen molar-refractivity contribution in [3.8, 4) is 0 Å². The molecule has 2 aromatic rings. The molecule has 0 aromatic heterocycles. The summed E-state index contributed by atoms with van der Waals surface area (Å²) >= 11 is 25.1. The Balaban J connectivity index is 1.99. The smallest absolute Gasteiger partial charge is 0.321 e. The molecule has 0 N–H and O–H groups in total. The Labute approximate surface area is 196 Å². The summed E-state index contributed by atoms with van der Waals surface area (Å²) in [5, 5.41) is -2.12. The third-order valence-electron chi connectivity index (χ3n) is 4.42. The molecule has 31 heavy (non-hydrogen) atoms. The summed E-state index contributed by atoms with van der Waals surface area (Å²) in [4.78, 5) is 13.6. The highest BCUT2D eigenvalue weighted by Gasteiger charge is 2.39. The van der Waals surface area contributed by atoms with Crippen molar-refractivity contribution >= 4 is 64.1 Å². The molecule has 1 atom stereocenters. The number of rotatable bonds is 3. The second kappa shape index (κ2) is 8.74. The van der Waals surface area contributed by atoms with Crippen LogP contribution in [-0.4, -0.2) is 16.6 Å². The van der Waals surface area contributed by atoms with Gasteiger partial charge in [0.1, 0.15) is 5.37 Å². The summed E-state index contributed by atoms with van der Waals surface area (Å²) in [5.74, 6) is -0.483. The van der Waals surface area contributed by atoms with Crippen LogP contribution < -0.4 is 0 Å². The average Bonchev–Trinajstić information content (AvgIpc) is 2.96. The highest BCUT2D eigenvalue weighted by atomic mass is 35.5. The van der Waals surface area contributed by atoms with E-state index < -0.39 is 34.8 Å². The van der Waals surface area contributed by atoms with E-state index in [4.69, 9.17) is 46.4 Å².